The van der Waals surface area contributed by atoms with Crippen LogP contribution in [0.1, 0.15) is 70.3 Å². The number of aromatic amines is 1. The molecule has 0 radical (unpaired) electrons. The van der Waals surface area contributed by atoms with E-state index >= 15 is 0 Å². The van der Waals surface area contributed by atoms with Crippen molar-refractivity contribution in [1.29, 1.82) is 0 Å². The van der Waals surface area contributed by atoms with Crippen LogP contribution in [0.25, 0.3) is 11.0 Å². The second kappa shape index (κ2) is 10.3. The maximum atomic E-state index is 4.21. The van der Waals surface area contributed by atoms with Crippen LogP contribution in [-0.4, -0.2) is 22.0 Å². The Morgan fingerprint density at radius 1 is 0.909 bits per heavy atom. The Morgan fingerprint density at radius 3 is 2.41 bits per heavy atom. The van der Waals surface area contributed by atoms with Crippen LogP contribution in [0, 0.1) is 0 Å². The van der Waals surface area contributed by atoms with Gasteiger partial charge in [0, 0.05) is 6.54 Å². The van der Waals surface area contributed by atoms with Gasteiger partial charge in [0.1, 0.15) is 11.0 Å². The smallest absolute Gasteiger partial charge is 0.117 e. The first kappa shape index (κ1) is 16.9. The highest BCUT2D eigenvalue weighted by molar-refractivity contribution is 5.77. The number of H-pyrrole nitrogens is 1. The standard InChI is InChI=1S/C18H30N4/c1-2-3-4-5-6-7-8-9-10-14-19-15-16-12-11-13-17-18(16)21-22-20-17/h11-13,19H,2-10,14-15H2,1H3,(H,20,21,22). The molecular weight excluding hydrogens is 272 g/mol. The molecule has 1 aromatic heterocycles. The summed E-state index contributed by atoms with van der Waals surface area (Å²) >= 11 is 0. The molecule has 4 nitrogen and oxygen atoms in total. The van der Waals surface area contributed by atoms with E-state index in [0.29, 0.717) is 0 Å². The number of benzene rings is 1. The van der Waals surface area contributed by atoms with Crippen molar-refractivity contribution in [3.8, 4) is 0 Å². The third-order valence-corrected chi connectivity index (χ3v) is 4.20. The number of hydrogen-bond donors (Lipinski definition) is 2. The number of nitrogens with one attached hydrogen (secondary N) is 2. The molecule has 0 aliphatic rings. The summed E-state index contributed by atoms with van der Waals surface area (Å²) in [6.45, 7) is 4.24. The number of unbranched alkanes of at least 4 members (excludes halogenated alkanes) is 8. The summed E-state index contributed by atoms with van der Waals surface area (Å²) in [5.74, 6) is 0. The molecule has 0 saturated heterocycles. The second-order valence-electron chi connectivity index (χ2n) is 6.11. The van der Waals surface area contributed by atoms with Crippen LogP contribution in [0.15, 0.2) is 18.2 Å². The Hall–Kier alpha value is -1.42. The van der Waals surface area contributed by atoms with Crippen LogP contribution in [-0.2, 0) is 6.54 Å². The van der Waals surface area contributed by atoms with E-state index in [2.05, 4.69) is 33.7 Å². The lowest BCUT2D eigenvalue weighted by atomic mass is 10.1. The molecule has 0 amide bonds. The molecule has 22 heavy (non-hydrogen) atoms. The molecule has 0 saturated carbocycles. The SMILES string of the molecule is CCCCCCCCCCCNCc1cccc2n[nH]nc12. The van der Waals surface area contributed by atoms with E-state index in [9.17, 15) is 0 Å². The zero-order chi connectivity index (χ0) is 15.5. The Bertz CT molecular complexity index is 521. The zero-order valence-electron chi connectivity index (χ0n) is 13.9. The lowest BCUT2D eigenvalue weighted by molar-refractivity contribution is 0.549. The Kier molecular flexibility index (Phi) is 7.96. The van der Waals surface area contributed by atoms with Gasteiger partial charge in [0.25, 0.3) is 0 Å². The van der Waals surface area contributed by atoms with E-state index in [-0.39, 0.29) is 0 Å². The summed E-state index contributed by atoms with van der Waals surface area (Å²) in [5, 5.41) is 14.5. The van der Waals surface area contributed by atoms with Crippen LogP contribution in [0.3, 0.4) is 0 Å². The van der Waals surface area contributed by atoms with Gasteiger partial charge in [-0.15, -0.1) is 0 Å². The summed E-state index contributed by atoms with van der Waals surface area (Å²) in [6, 6.07) is 6.15. The highest BCUT2D eigenvalue weighted by atomic mass is 15.3. The number of para-hydroxylation sites is 1. The molecule has 0 spiro atoms. The maximum absolute atomic E-state index is 4.21. The topological polar surface area (TPSA) is 53.6 Å². The zero-order valence-corrected chi connectivity index (χ0v) is 13.9. The van der Waals surface area contributed by atoms with Gasteiger partial charge in [-0.2, -0.15) is 15.4 Å². The first-order valence-corrected chi connectivity index (χ1v) is 8.91. The van der Waals surface area contributed by atoms with Crippen molar-refractivity contribution in [2.75, 3.05) is 6.54 Å². The van der Waals surface area contributed by atoms with Gasteiger partial charge in [-0.3, -0.25) is 0 Å². The van der Waals surface area contributed by atoms with Crippen molar-refractivity contribution in [2.24, 2.45) is 0 Å². The van der Waals surface area contributed by atoms with Crippen LogP contribution >= 0.6 is 0 Å². The third-order valence-electron chi connectivity index (χ3n) is 4.20. The molecule has 0 aliphatic heterocycles. The average molecular weight is 302 g/mol. The second-order valence-corrected chi connectivity index (χ2v) is 6.11. The number of nitrogens with zero attached hydrogens (tertiary/aromatic N) is 2. The van der Waals surface area contributed by atoms with Gasteiger partial charge in [-0.05, 0) is 24.6 Å². The first-order valence-electron chi connectivity index (χ1n) is 8.91. The molecule has 2 rings (SSSR count). The summed E-state index contributed by atoms with van der Waals surface area (Å²) in [6.07, 6.45) is 12.4. The van der Waals surface area contributed by atoms with Crippen molar-refractivity contribution >= 4 is 11.0 Å². The predicted molar refractivity (Wildman–Crippen MR) is 92.8 cm³/mol. The number of aromatic nitrogens is 3. The van der Waals surface area contributed by atoms with Crippen molar-refractivity contribution < 1.29 is 0 Å². The van der Waals surface area contributed by atoms with Crippen LogP contribution in [0.2, 0.25) is 0 Å². The minimum absolute atomic E-state index is 0.876. The largest absolute Gasteiger partial charge is 0.313 e. The summed E-state index contributed by atoms with van der Waals surface area (Å²) in [7, 11) is 0. The van der Waals surface area contributed by atoms with Gasteiger partial charge >= 0.3 is 0 Å². The molecule has 122 valence electrons. The van der Waals surface area contributed by atoms with E-state index in [1.54, 1.807) is 0 Å². The van der Waals surface area contributed by atoms with E-state index < -0.39 is 0 Å². The quantitative estimate of drug-likeness (QED) is 0.564. The van der Waals surface area contributed by atoms with Gasteiger partial charge in [-0.25, -0.2) is 0 Å². The predicted octanol–water partition coefficient (Wildman–Crippen LogP) is 4.58. The molecule has 0 unspecified atom stereocenters. The lowest BCUT2D eigenvalue weighted by Gasteiger charge is -2.05. The summed E-state index contributed by atoms with van der Waals surface area (Å²) < 4.78 is 0. The Balaban J connectivity index is 1.49. The molecule has 0 bridgehead atoms. The van der Waals surface area contributed by atoms with Gasteiger partial charge in [0.2, 0.25) is 0 Å². The summed E-state index contributed by atoms with van der Waals surface area (Å²) in [4.78, 5) is 0. The van der Waals surface area contributed by atoms with Crippen molar-refractivity contribution in [3.05, 3.63) is 23.8 Å². The number of hydrogen-bond acceptors (Lipinski definition) is 3. The molecule has 0 aliphatic carbocycles. The highest BCUT2D eigenvalue weighted by Crippen LogP contribution is 2.13. The lowest BCUT2D eigenvalue weighted by Crippen LogP contribution is -2.14. The number of rotatable bonds is 12. The molecule has 0 fully saturated rings. The number of fused-ring (bicyclic) bond motifs is 1. The molecular formula is C18H30N4. The molecule has 1 heterocycles. The van der Waals surface area contributed by atoms with E-state index in [1.165, 1.54) is 63.4 Å². The Morgan fingerprint density at radius 2 is 1.64 bits per heavy atom. The monoisotopic (exact) mass is 302 g/mol. The first-order chi connectivity index (χ1) is 10.9. The van der Waals surface area contributed by atoms with E-state index in [4.69, 9.17) is 0 Å². The maximum Gasteiger partial charge on any atom is 0.117 e. The van der Waals surface area contributed by atoms with Crippen molar-refractivity contribution in [2.45, 2.75) is 71.3 Å². The fourth-order valence-electron chi connectivity index (χ4n) is 2.85. The molecule has 1 aromatic carbocycles. The molecule has 2 aromatic rings. The fourth-order valence-corrected chi connectivity index (χ4v) is 2.85. The van der Waals surface area contributed by atoms with Gasteiger partial charge in [0.15, 0.2) is 0 Å². The minimum Gasteiger partial charge on any atom is -0.313 e. The van der Waals surface area contributed by atoms with Crippen LogP contribution in [0.4, 0.5) is 0 Å². The third kappa shape index (κ3) is 5.76. The minimum atomic E-state index is 0.876. The molecule has 2 N–H and O–H groups in total. The molecule has 0 atom stereocenters. The average Bonchev–Trinajstić information content (AvgIpc) is 3.02. The van der Waals surface area contributed by atoms with E-state index in [0.717, 1.165) is 24.1 Å². The molecule has 4 heteroatoms. The van der Waals surface area contributed by atoms with Crippen LogP contribution in [0.5, 0.6) is 0 Å². The van der Waals surface area contributed by atoms with Crippen molar-refractivity contribution in [1.82, 2.24) is 20.7 Å². The van der Waals surface area contributed by atoms with Crippen molar-refractivity contribution in [3.63, 3.8) is 0 Å². The highest BCUT2D eigenvalue weighted by Gasteiger charge is 2.03. The Labute approximate surface area is 134 Å². The van der Waals surface area contributed by atoms with Gasteiger partial charge in [-0.1, -0.05) is 70.4 Å². The van der Waals surface area contributed by atoms with Gasteiger partial charge < -0.3 is 5.32 Å². The van der Waals surface area contributed by atoms with Gasteiger partial charge in [0.05, 0.1) is 0 Å². The normalized spacial score (nSPS) is 11.3. The summed E-state index contributed by atoms with van der Waals surface area (Å²) in [5.41, 5.74) is 3.16. The fraction of sp³-hybridized carbons (Fsp3) is 0.667. The van der Waals surface area contributed by atoms with E-state index in [1.807, 2.05) is 12.1 Å². The van der Waals surface area contributed by atoms with Crippen LogP contribution < -0.4 is 5.32 Å².